The van der Waals surface area contributed by atoms with Gasteiger partial charge in [-0.2, -0.15) is 0 Å². The van der Waals surface area contributed by atoms with Crippen molar-refractivity contribution >= 4 is 0 Å². The van der Waals surface area contributed by atoms with Crippen LogP contribution in [0.4, 0.5) is 4.39 Å². The van der Waals surface area contributed by atoms with E-state index >= 15 is 0 Å². The molecule has 0 saturated heterocycles. The normalized spacial score (nSPS) is 12.4. The highest BCUT2D eigenvalue weighted by atomic mass is 19.1. The zero-order chi connectivity index (χ0) is 14.1. The lowest BCUT2D eigenvalue weighted by molar-refractivity contribution is 0.0111. The number of hydrogen-bond donors (Lipinski definition) is 2. The molecular formula is C14H22FNO3. The minimum Gasteiger partial charge on any atom is -0.490 e. The summed E-state index contributed by atoms with van der Waals surface area (Å²) >= 11 is 0. The summed E-state index contributed by atoms with van der Waals surface area (Å²) in [6.07, 6.45) is 1.33. The fraction of sp³-hybridized carbons (Fsp3) is 0.571. The summed E-state index contributed by atoms with van der Waals surface area (Å²) in [6.45, 7) is 3.24. The van der Waals surface area contributed by atoms with Gasteiger partial charge in [-0.05, 0) is 24.6 Å². The van der Waals surface area contributed by atoms with Crippen molar-refractivity contribution < 1.29 is 19.0 Å². The summed E-state index contributed by atoms with van der Waals surface area (Å²) in [6, 6.07) is 4.15. The van der Waals surface area contributed by atoms with Crippen molar-refractivity contribution in [1.29, 1.82) is 0 Å². The summed E-state index contributed by atoms with van der Waals surface area (Å²) in [5.41, 5.74) is 6.09. The Balaban J connectivity index is 2.35. The van der Waals surface area contributed by atoms with Gasteiger partial charge in [-0.3, -0.25) is 0 Å². The second-order valence-corrected chi connectivity index (χ2v) is 4.35. The highest BCUT2D eigenvalue weighted by Gasteiger charge is 2.08. The Hall–Kier alpha value is -1.17. The Morgan fingerprint density at radius 1 is 1.37 bits per heavy atom. The molecule has 4 nitrogen and oxygen atoms in total. The molecule has 0 aliphatic rings. The van der Waals surface area contributed by atoms with E-state index in [-0.39, 0.29) is 25.6 Å². The third-order valence-electron chi connectivity index (χ3n) is 2.63. The number of aliphatic hydroxyl groups is 1. The van der Waals surface area contributed by atoms with Crippen molar-refractivity contribution in [1.82, 2.24) is 0 Å². The van der Waals surface area contributed by atoms with Crippen molar-refractivity contribution in [3.63, 3.8) is 0 Å². The van der Waals surface area contributed by atoms with Crippen LogP contribution in [0.5, 0.6) is 5.75 Å². The van der Waals surface area contributed by atoms with Crippen LogP contribution in [0.25, 0.3) is 0 Å². The summed E-state index contributed by atoms with van der Waals surface area (Å²) < 4.78 is 23.7. The van der Waals surface area contributed by atoms with Crippen LogP contribution in [0.2, 0.25) is 0 Å². The average Bonchev–Trinajstić information content (AvgIpc) is 2.42. The van der Waals surface area contributed by atoms with E-state index in [2.05, 4.69) is 6.92 Å². The van der Waals surface area contributed by atoms with Gasteiger partial charge >= 0.3 is 0 Å². The van der Waals surface area contributed by atoms with E-state index in [9.17, 15) is 9.50 Å². The molecule has 0 radical (unpaired) electrons. The molecule has 0 aliphatic heterocycles. The summed E-state index contributed by atoms with van der Waals surface area (Å²) in [5, 5.41) is 9.67. The molecule has 0 amide bonds. The first-order valence-corrected chi connectivity index (χ1v) is 6.54. The lowest BCUT2D eigenvalue weighted by Gasteiger charge is -2.14. The van der Waals surface area contributed by atoms with Gasteiger partial charge in [0.1, 0.15) is 24.3 Å². The standard InChI is InChI=1S/C14H22FNO3/c1-2-3-6-18-9-13(17)10-19-14-5-4-12(15)7-11(14)8-16/h4-5,7,13,17H,2-3,6,8-10,16H2,1H3. The third-order valence-corrected chi connectivity index (χ3v) is 2.63. The van der Waals surface area contributed by atoms with Crippen molar-refractivity contribution in [3.05, 3.63) is 29.6 Å². The van der Waals surface area contributed by atoms with Gasteiger partial charge < -0.3 is 20.3 Å². The van der Waals surface area contributed by atoms with Crippen LogP contribution < -0.4 is 10.5 Å². The summed E-state index contributed by atoms with van der Waals surface area (Å²) in [7, 11) is 0. The number of nitrogens with two attached hydrogens (primary N) is 1. The molecule has 3 N–H and O–H groups in total. The van der Waals surface area contributed by atoms with Crippen LogP contribution in [0.15, 0.2) is 18.2 Å². The minimum absolute atomic E-state index is 0.102. The van der Waals surface area contributed by atoms with E-state index in [1.165, 1.54) is 18.2 Å². The Kier molecular flexibility index (Phi) is 7.40. The van der Waals surface area contributed by atoms with E-state index in [0.29, 0.717) is 17.9 Å². The van der Waals surface area contributed by atoms with Gasteiger partial charge in [-0.1, -0.05) is 13.3 Å². The second-order valence-electron chi connectivity index (χ2n) is 4.35. The Labute approximate surface area is 113 Å². The van der Waals surface area contributed by atoms with E-state index < -0.39 is 6.10 Å². The van der Waals surface area contributed by atoms with Crippen LogP contribution >= 0.6 is 0 Å². The number of rotatable bonds is 9. The molecule has 0 aliphatic carbocycles. The average molecular weight is 271 g/mol. The molecule has 5 heteroatoms. The van der Waals surface area contributed by atoms with Gasteiger partial charge in [0.2, 0.25) is 0 Å². The molecule has 1 aromatic rings. The lowest BCUT2D eigenvalue weighted by atomic mass is 10.2. The molecule has 1 atom stereocenters. The number of benzene rings is 1. The Morgan fingerprint density at radius 2 is 2.16 bits per heavy atom. The first-order valence-electron chi connectivity index (χ1n) is 6.54. The molecule has 0 spiro atoms. The maximum absolute atomic E-state index is 13.0. The van der Waals surface area contributed by atoms with Gasteiger partial charge in [0.05, 0.1) is 6.61 Å². The largest absolute Gasteiger partial charge is 0.490 e. The quantitative estimate of drug-likeness (QED) is 0.673. The van der Waals surface area contributed by atoms with Gasteiger partial charge in [-0.15, -0.1) is 0 Å². The van der Waals surface area contributed by atoms with Crippen molar-refractivity contribution in [2.75, 3.05) is 19.8 Å². The molecule has 0 saturated carbocycles. The fourth-order valence-corrected chi connectivity index (χ4v) is 1.55. The molecule has 1 rings (SSSR count). The maximum atomic E-state index is 13.0. The topological polar surface area (TPSA) is 64.7 Å². The van der Waals surface area contributed by atoms with Crippen molar-refractivity contribution in [2.45, 2.75) is 32.4 Å². The van der Waals surface area contributed by atoms with Crippen LogP contribution in [0.1, 0.15) is 25.3 Å². The van der Waals surface area contributed by atoms with Gasteiger partial charge in [-0.25, -0.2) is 4.39 Å². The van der Waals surface area contributed by atoms with E-state index in [4.69, 9.17) is 15.2 Å². The first kappa shape index (κ1) is 15.9. The lowest BCUT2D eigenvalue weighted by Crippen LogP contribution is -2.24. The molecule has 0 bridgehead atoms. The molecule has 19 heavy (non-hydrogen) atoms. The van der Waals surface area contributed by atoms with Crippen LogP contribution in [0.3, 0.4) is 0 Å². The van der Waals surface area contributed by atoms with E-state index in [1.807, 2.05) is 0 Å². The molecule has 0 fully saturated rings. The Bertz CT molecular complexity index is 374. The molecule has 108 valence electrons. The van der Waals surface area contributed by atoms with Crippen LogP contribution in [-0.4, -0.2) is 31.0 Å². The van der Waals surface area contributed by atoms with Crippen molar-refractivity contribution in [2.24, 2.45) is 5.73 Å². The molecule has 1 unspecified atom stereocenters. The minimum atomic E-state index is -0.701. The zero-order valence-electron chi connectivity index (χ0n) is 11.3. The second kappa shape index (κ2) is 8.85. The maximum Gasteiger partial charge on any atom is 0.124 e. The third kappa shape index (κ3) is 6.00. The van der Waals surface area contributed by atoms with Crippen molar-refractivity contribution in [3.8, 4) is 5.75 Å². The predicted molar refractivity (Wildman–Crippen MR) is 71.5 cm³/mol. The summed E-state index contributed by atoms with van der Waals surface area (Å²) in [4.78, 5) is 0. The molecule has 0 heterocycles. The van der Waals surface area contributed by atoms with Gasteiger partial charge in [0, 0.05) is 18.7 Å². The number of unbranched alkanes of at least 4 members (excludes halogenated alkanes) is 1. The predicted octanol–water partition coefficient (Wildman–Crippen LogP) is 1.84. The van der Waals surface area contributed by atoms with Crippen LogP contribution in [-0.2, 0) is 11.3 Å². The first-order chi connectivity index (χ1) is 9.17. The zero-order valence-corrected chi connectivity index (χ0v) is 11.3. The van der Waals surface area contributed by atoms with Crippen LogP contribution in [0, 0.1) is 5.82 Å². The highest BCUT2D eigenvalue weighted by Crippen LogP contribution is 2.19. The SMILES string of the molecule is CCCCOCC(O)COc1ccc(F)cc1CN. The number of aliphatic hydroxyl groups excluding tert-OH is 1. The smallest absolute Gasteiger partial charge is 0.124 e. The highest BCUT2D eigenvalue weighted by molar-refractivity contribution is 5.33. The van der Waals surface area contributed by atoms with E-state index in [0.717, 1.165) is 12.8 Å². The Morgan fingerprint density at radius 3 is 2.84 bits per heavy atom. The fourth-order valence-electron chi connectivity index (χ4n) is 1.55. The number of halogens is 1. The summed E-state index contributed by atoms with van der Waals surface area (Å²) in [5.74, 6) is 0.146. The van der Waals surface area contributed by atoms with E-state index in [1.54, 1.807) is 0 Å². The number of ether oxygens (including phenoxy) is 2. The molecule has 0 aromatic heterocycles. The monoisotopic (exact) mass is 271 g/mol. The van der Waals surface area contributed by atoms with Gasteiger partial charge in [0.25, 0.3) is 0 Å². The molecular weight excluding hydrogens is 249 g/mol. The molecule has 1 aromatic carbocycles. The number of hydrogen-bond acceptors (Lipinski definition) is 4. The van der Waals surface area contributed by atoms with Gasteiger partial charge in [0.15, 0.2) is 0 Å².